The van der Waals surface area contributed by atoms with Gasteiger partial charge < -0.3 is 9.47 Å². The summed E-state index contributed by atoms with van der Waals surface area (Å²) >= 11 is 0. The van der Waals surface area contributed by atoms with E-state index < -0.39 is 0 Å². The number of aliphatic imine (C=N–C) groups is 2. The smallest absolute Gasteiger partial charge is 0.257 e. The minimum Gasteiger partial charge on any atom is -0.472 e. The van der Waals surface area contributed by atoms with Gasteiger partial charge in [0.05, 0.1) is 13.2 Å². The van der Waals surface area contributed by atoms with Crippen molar-refractivity contribution in [2.45, 2.75) is 51.4 Å². The Bertz CT molecular complexity index is 335. The van der Waals surface area contributed by atoms with Crippen LogP contribution in [-0.4, -0.2) is 36.8 Å². The Morgan fingerprint density at radius 1 is 0.600 bits per heavy atom. The van der Waals surface area contributed by atoms with Crippen molar-refractivity contribution in [3.8, 4) is 0 Å². The lowest BCUT2D eigenvalue weighted by molar-refractivity contribution is 0.295. The molecule has 0 aromatic carbocycles. The van der Waals surface area contributed by atoms with E-state index in [1.807, 2.05) is 0 Å². The Hall–Kier alpha value is -0.360. The molecule has 0 aromatic rings. The molecule has 4 nitrogen and oxygen atoms in total. The summed E-state index contributed by atoms with van der Waals surface area (Å²) < 4.78 is 11.4. The van der Waals surface area contributed by atoms with Crippen LogP contribution >= 0.6 is 21.6 Å². The normalized spacial score (nSPS) is 27.6. The van der Waals surface area contributed by atoms with Crippen LogP contribution in [0.15, 0.2) is 9.98 Å². The fourth-order valence-corrected chi connectivity index (χ4v) is 3.78. The van der Waals surface area contributed by atoms with E-state index in [0.29, 0.717) is 0 Å². The highest BCUT2D eigenvalue weighted by Gasteiger charge is 2.10. The molecule has 0 radical (unpaired) electrons. The molecule has 0 aromatic heterocycles. The van der Waals surface area contributed by atoms with E-state index in [4.69, 9.17) is 9.47 Å². The topological polar surface area (TPSA) is 43.2 Å². The predicted octanol–water partition coefficient (Wildman–Crippen LogP) is 4.26. The summed E-state index contributed by atoms with van der Waals surface area (Å²) in [6, 6.07) is 0. The Labute approximate surface area is 129 Å². The molecule has 0 N–H and O–H groups in total. The highest BCUT2D eigenvalue weighted by atomic mass is 33.1. The van der Waals surface area contributed by atoms with Gasteiger partial charge in [-0.2, -0.15) is 0 Å². The third-order valence-corrected chi connectivity index (χ3v) is 5.19. The van der Waals surface area contributed by atoms with E-state index >= 15 is 0 Å². The first-order valence-corrected chi connectivity index (χ1v) is 9.79. The van der Waals surface area contributed by atoms with Gasteiger partial charge in [0.1, 0.15) is 0 Å². The summed E-state index contributed by atoms with van der Waals surface area (Å²) in [5.74, 6) is 0. The molecule has 2 aliphatic rings. The molecule has 20 heavy (non-hydrogen) atoms. The lowest BCUT2D eigenvalue weighted by Gasteiger charge is -2.13. The lowest BCUT2D eigenvalue weighted by atomic mass is 10.1. The van der Waals surface area contributed by atoms with Crippen molar-refractivity contribution in [3.05, 3.63) is 0 Å². The van der Waals surface area contributed by atoms with Crippen molar-refractivity contribution >= 4 is 32.0 Å². The minimum absolute atomic E-state index is 0.776. The Morgan fingerprint density at radius 2 is 1.05 bits per heavy atom. The van der Waals surface area contributed by atoms with Crippen molar-refractivity contribution in [2.24, 2.45) is 9.98 Å². The van der Waals surface area contributed by atoms with Crippen molar-refractivity contribution < 1.29 is 9.47 Å². The summed E-state index contributed by atoms with van der Waals surface area (Å²) in [4.78, 5) is 9.01. The van der Waals surface area contributed by atoms with Gasteiger partial charge in [-0.05, 0) is 32.1 Å². The summed E-state index contributed by atoms with van der Waals surface area (Å²) in [6.45, 7) is 3.30. The zero-order valence-corrected chi connectivity index (χ0v) is 13.6. The molecule has 0 atom stereocenters. The van der Waals surface area contributed by atoms with Crippen molar-refractivity contribution in [3.63, 3.8) is 0 Å². The number of hydrogen-bond acceptors (Lipinski definition) is 6. The monoisotopic (exact) mass is 316 g/mol. The summed E-state index contributed by atoms with van der Waals surface area (Å²) in [7, 11) is 3.09. The molecule has 2 rings (SSSR count). The largest absolute Gasteiger partial charge is 0.472 e. The SMILES string of the molecule is C1CCC/N=C(/SS/C2=N/CCCCCO2)OCCC1. The molecule has 2 aliphatic heterocycles. The van der Waals surface area contributed by atoms with Gasteiger partial charge in [-0.15, -0.1) is 0 Å². The predicted molar refractivity (Wildman–Crippen MR) is 88.6 cm³/mol. The number of ether oxygens (including phenoxy) is 2. The molecule has 2 heterocycles. The maximum absolute atomic E-state index is 5.75. The zero-order chi connectivity index (χ0) is 13.9. The molecule has 0 aliphatic carbocycles. The highest BCUT2D eigenvalue weighted by Crippen LogP contribution is 2.27. The van der Waals surface area contributed by atoms with Crippen LogP contribution in [-0.2, 0) is 9.47 Å². The summed E-state index contributed by atoms with van der Waals surface area (Å²) in [5.41, 5.74) is 0. The molecule has 0 saturated carbocycles. The van der Waals surface area contributed by atoms with Crippen molar-refractivity contribution in [1.82, 2.24) is 0 Å². The summed E-state index contributed by atoms with van der Waals surface area (Å²) in [5, 5.41) is 1.56. The van der Waals surface area contributed by atoms with E-state index in [-0.39, 0.29) is 0 Å². The quantitative estimate of drug-likeness (QED) is 0.626. The molecular formula is C14H24N2O2S2. The third-order valence-electron chi connectivity index (χ3n) is 3.22. The molecule has 0 unspecified atom stereocenters. The molecule has 0 saturated heterocycles. The fourth-order valence-electron chi connectivity index (χ4n) is 2.06. The second-order valence-corrected chi connectivity index (χ2v) is 7.02. The standard InChI is InChI=1S/C14H24N2O2S2/c1-2-5-9-15-13(17-11-7-3-1)19-20-14-16-10-6-4-8-12-18-14/h1-12H2/b15-13+,16-14+. The molecule has 0 bridgehead atoms. The molecule has 114 valence electrons. The van der Waals surface area contributed by atoms with E-state index in [1.165, 1.54) is 25.7 Å². The molecular weight excluding hydrogens is 292 g/mol. The first-order valence-electron chi connectivity index (χ1n) is 7.64. The van der Waals surface area contributed by atoms with Gasteiger partial charge >= 0.3 is 0 Å². The van der Waals surface area contributed by atoms with Crippen LogP contribution in [0.3, 0.4) is 0 Å². The van der Waals surface area contributed by atoms with Crippen LogP contribution in [0, 0.1) is 0 Å². The van der Waals surface area contributed by atoms with Crippen LogP contribution in [0.4, 0.5) is 0 Å². The number of hydrogen-bond donors (Lipinski definition) is 0. The lowest BCUT2D eigenvalue weighted by Crippen LogP contribution is -2.08. The van der Waals surface area contributed by atoms with Crippen molar-refractivity contribution in [1.29, 1.82) is 0 Å². The second-order valence-electron chi connectivity index (χ2n) is 4.99. The minimum atomic E-state index is 0.776. The second kappa shape index (κ2) is 10.4. The van der Waals surface area contributed by atoms with Crippen LogP contribution in [0.1, 0.15) is 51.4 Å². The molecule has 0 amide bonds. The zero-order valence-electron chi connectivity index (χ0n) is 12.0. The fraction of sp³-hybridized carbons (Fsp3) is 0.857. The third kappa shape index (κ3) is 6.88. The number of rotatable bonds is 0. The Morgan fingerprint density at radius 3 is 1.65 bits per heavy atom. The Kier molecular flexibility index (Phi) is 8.31. The average molecular weight is 316 g/mol. The van der Waals surface area contributed by atoms with Crippen LogP contribution in [0.2, 0.25) is 0 Å². The van der Waals surface area contributed by atoms with Gasteiger partial charge in [0, 0.05) is 34.7 Å². The maximum Gasteiger partial charge on any atom is 0.257 e. The first-order chi connectivity index (χ1) is 9.95. The van der Waals surface area contributed by atoms with Gasteiger partial charge in [0.2, 0.25) is 0 Å². The van der Waals surface area contributed by atoms with Gasteiger partial charge in [0.25, 0.3) is 10.5 Å². The van der Waals surface area contributed by atoms with E-state index in [1.54, 1.807) is 21.6 Å². The van der Waals surface area contributed by atoms with Crippen LogP contribution in [0.5, 0.6) is 0 Å². The summed E-state index contributed by atoms with van der Waals surface area (Å²) in [6.07, 6.45) is 9.64. The van der Waals surface area contributed by atoms with Gasteiger partial charge in [0.15, 0.2) is 0 Å². The van der Waals surface area contributed by atoms with Gasteiger partial charge in [-0.3, -0.25) is 0 Å². The van der Waals surface area contributed by atoms with Gasteiger partial charge in [-0.25, -0.2) is 9.98 Å². The van der Waals surface area contributed by atoms with E-state index in [2.05, 4.69) is 9.98 Å². The van der Waals surface area contributed by atoms with Crippen LogP contribution < -0.4 is 0 Å². The van der Waals surface area contributed by atoms with E-state index in [9.17, 15) is 0 Å². The average Bonchev–Trinajstić information content (AvgIpc) is 2.44. The maximum atomic E-state index is 5.75. The van der Waals surface area contributed by atoms with Crippen molar-refractivity contribution in [2.75, 3.05) is 26.3 Å². The first kappa shape index (κ1) is 16.0. The van der Waals surface area contributed by atoms with E-state index in [0.717, 1.165) is 62.4 Å². The van der Waals surface area contributed by atoms with Crippen LogP contribution in [0.25, 0.3) is 0 Å². The number of nitrogens with zero attached hydrogens (tertiary/aromatic N) is 2. The Balaban J connectivity index is 1.78. The molecule has 0 fully saturated rings. The highest BCUT2D eigenvalue weighted by molar-refractivity contribution is 8.87. The molecule has 6 heteroatoms. The van der Waals surface area contributed by atoms with Gasteiger partial charge in [-0.1, -0.05) is 19.3 Å². The molecule has 0 spiro atoms.